The molecule has 2 heteroatoms. The Hall–Kier alpha value is -1.90. The molecule has 9 atom stereocenters. The van der Waals surface area contributed by atoms with Crippen LogP contribution >= 0.6 is 0 Å². The molecule has 0 aromatic heterocycles. The van der Waals surface area contributed by atoms with Crippen LogP contribution in [-0.2, 0) is 5.60 Å². The van der Waals surface area contributed by atoms with Gasteiger partial charge in [0.05, 0.1) is 6.10 Å². The quantitative estimate of drug-likeness (QED) is 0.311. The summed E-state index contributed by atoms with van der Waals surface area (Å²) in [6.07, 6.45) is 14.2. The molecule has 4 aliphatic rings. The van der Waals surface area contributed by atoms with Crippen LogP contribution in [0.5, 0.6) is 0 Å². The average Bonchev–Trinajstić information content (AvgIpc) is 3.35. The molecule has 0 spiro atoms. The van der Waals surface area contributed by atoms with E-state index in [0.29, 0.717) is 23.2 Å². The lowest BCUT2D eigenvalue weighted by Crippen LogP contribution is -2.57. The lowest BCUT2D eigenvalue weighted by molar-refractivity contribution is -0.116. The third-order valence-corrected chi connectivity index (χ3v) is 13.2. The first kappa shape index (κ1) is 30.1. The van der Waals surface area contributed by atoms with Gasteiger partial charge in [0.2, 0.25) is 0 Å². The Balaban J connectivity index is 1.46. The fourth-order valence-electron chi connectivity index (χ4n) is 11.0. The van der Waals surface area contributed by atoms with Gasteiger partial charge in [-0.05, 0) is 102 Å². The van der Waals surface area contributed by atoms with Gasteiger partial charge in [-0.3, -0.25) is 0 Å². The number of hydrogen-bond donors (Lipinski definition) is 2. The number of fused-ring (bicyclic) bond motifs is 5. The van der Waals surface area contributed by atoms with Gasteiger partial charge in [-0.25, -0.2) is 0 Å². The van der Waals surface area contributed by atoms with Crippen LogP contribution in [0, 0.1) is 52.3 Å². The minimum Gasteiger partial charge on any atom is -0.393 e. The molecule has 2 aromatic rings. The van der Waals surface area contributed by atoms with Crippen LogP contribution in [0.25, 0.3) is 0 Å². The number of benzene rings is 2. The molecule has 6 rings (SSSR count). The predicted molar refractivity (Wildman–Crippen MR) is 174 cm³/mol. The average molecular weight is 569 g/mol. The van der Waals surface area contributed by atoms with Gasteiger partial charge in [-0.15, -0.1) is 0 Å². The van der Waals surface area contributed by atoms with E-state index in [9.17, 15) is 10.2 Å². The van der Waals surface area contributed by atoms with Crippen LogP contribution in [0.1, 0.15) is 110 Å². The first-order valence-corrected chi connectivity index (χ1v) is 17.3. The molecular weight excluding hydrogens is 512 g/mol. The summed E-state index contributed by atoms with van der Waals surface area (Å²) in [6, 6.07) is 21.0. The summed E-state index contributed by atoms with van der Waals surface area (Å²) in [5.41, 5.74) is 2.75. The Labute approximate surface area is 256 Å². The van der Waals surface area contributed by atoms with E-state index < -0.39 is 5.60 Å². The molecule has 0 radical (unpaired) electrons. The molecule has 2 nitrogen and oxygen atoms in total. The van der Waals surface area contributed by atoms with E-state index in [0.717, 1.165) is 48.1 Å². The zero-order chi connectivity index (χ0) is 29.7. The highest BCUT2D eigenvalue weighted by atomic mass is 16.3. The fourth-order valence-corrected chi connectivity index (χ4v) is 11.0. The van der Waals surface area contributed by atoms with Gasteiger partial charge in [0.25, 0.3) is 0 Å². The second kappa shape index (κ2) is 11.6. The summed E-state index contributed by atoms with van der Waals surface area (Å²) < 4.78 is 0. The molecule has 0 amide bonds. The number of rotatable bonds is 8. The SMILES string of the molecule is CC(C)CCC[C@@H](C)[C@H]1CC[C@H]2[C@@H]3[C@@H](C(O)(c4ccccc4)c4ccccc4)C=C4C[C@@H](O)CC[C@]4(C)[C@H]3CC[C@]12C. The molecule has 2 aromatic carbocycles. The molecule has 0 heterocycles. The summed E-state index contributed by atoms with van der Waals surface area (Å²) in [5.74, 6) is 3.87. The van der Waals surface area contributed by atoms with Crippen LogP contribution in [-0.4, -0.2) is 16.3 Å². The largest absolute Gasteiger partial charge is 0.393 e. The van der Waals surface area contributed by atoms with Crippen molar-refractivity contribution >= 4 is 0 Å². The van der Waals surface area contributed by atoms with Crippen LogP contribution in [0.3, 0.4) is 0 Å². The number of hydrogen-bond acceptors (Lipinski definition) is 2. The van der Waals surface area contributed by atoms with Crippen molar-refractivity contribution in [2.24, 2.45) is 52.3 Å². The lowest BCUT2D eigenvalue weighted by atomic mass is 9.43. The monoisotopic (exact) mass is 568 g/mol. The van der Waals surface area contributed by atoms with Gasteiger partial charge in [0.15, 0.2) is 0 Å². The Morgan fingerprint density at radius 2 is 1.45 bits per heavy atom. The first-order chi connectivity index (χ1) is 20.1. The van der Waals surface area contributed by atoms with Crippen LogP contribution in [0.15, 0.2) is 72.3 Å². The van der Waals surface area contributed by atoms with Gasteiger partial charge in [0.1, 0.15) is 5.60 Å². The van der Waals surface area contributed by atoms with Crippen molar-refractivity contribution in [3.63, 3.8) is 0 Å². The summed E-state index contributed by atoms with van der Waals surface area (Å²) >= 11 is 0. The number of aliphatic hydroxyl groups excluding tert-OH is 1. The van der Waals surface area contributed by atoms with E-state index in [4.69, 9.17) is 0 Å². The van der Waals surface area contributed by atoms with Crippen molar-refractivity contribution in [3.8, 4) is 0 Å². The topological polar surface area (TPSA) is 40.5 Å². The van der Waals surface area contributed by atoms with Crippen LogP contribution < -0.4 is 0 Å². The van der Waals surface area contributed by atoms with Crippen LogP contribution in [0.4, 0.5) is 0 Å². The van der Waals surface area contributed by atoms with Gasteiger partial charge in [0, 0.05) is 5.92 Å². The Kier molecular flexibility index (Phi) is 8.29. The zero-order valence-corrected chi connectivity index (χ0v) is 26.9. The first-order valence-electron chi connectivity index (χ1n) is 17.3. The molecule has 0 saturated heterocycles. The van der Waals surface area contributed by atoms with Crippen molar-refractivity contribution in [2.75, 3.05) is 0 Å². The molecule has 0 unspecified atom stereocenters. The van der Waals surface area contributed by atoms with Gasteiger partial charge in [-0.2, -0.15) is 0 Å². The van der Waals surface area contributed by atoms with Crippen molar-refractivity contribution in [1.29, 1.82) is 0 Å². The Morgan fingerprint density at radius 3 is 2.07 bits per heavy atom. The molecule has 0 aliphatic heterocycles. The third-order valence-electron chi connectivity index (χ3n) is 13.2. The van der Waals surface area contributed by atoms with Crippen molar-refractivity contribution in [2.45, 2.75) is 111 Å². The van der Waals surface area contributed by atoms with E-state index in [-0.39, 0.29) is 17.4 Å². The van der Waals surface area contributed by atoms with Crippen LogP contribution in [0.2, 0.25) is 0 Å². The molecule has 228 valence electrons. The molecule has 2 N–H and O–H groups in total. The van der Waals surface area contributed by atoms with Gasteiger partial charge in [-0.1, -0.05) is 126 Å². The van der Waals surface area contributed by atoms with E-state index in [1.807, 2.05) is 0 Å². The zero-order valence-electron chi connectivity index (χ0n) is 26.9. The van der Waals surface area contributed by atoms with E-state index >= 15 is 0 Å². The molecule has 3 fully saturated rings. The summed E-state index contributed by atoms with van der Waals surface area (Å²) in [4.78, 5) is 0. The maximum absolute atomic E-state index is 13.3. The molecular formula is C40H56O2. The summed E-state index contributed by atoms with van der Waals surface area (Å²) in [6.45, 7) is 12.4. The lowest BCUT2D eigenvalue weighted by Gasteiger charge is -2.62. The fraction of sp³-hybridized carbons (Fsp3) is 0.650. The minimum absolute atomic E-state index is 0.0136. The molecule has 4 aliphatic carbocycles. The standard InChI is InChI=1S/C40H56O2/c1-27(2)13-12-14-28(3)33-19-20-34-37-35(22-24-39(33,34)5)38(4)23-21-32(41)25-31(38)26-36(37)40(42,29-15-8-6-9-16-29)30-17-10-7-11-18-30/h6-11,15-18,26-28,32-37,41-42H,12-14,19-25H2,1-5H3/t28-,32+,33-,34+,35+,36+,37+,38+,39-/m1/s1. The molecule has 3 saturated carbocycles. The normalized spacial score (nSPS) is 37.0. The second-order valence-electron chi connectivity index (χ2n) is 15.9. The van der Waals surface area contributed by atoms with E-state index in [1.54, 1.807) is 0 Å². The van der Waals surface area contributed by atoms with Crippen molar-refractivity contribution < 1.29 is 10.2 Å². The third kappa shape index (κ3) is 4.93. The maximum Gasteiger partial charge on any atom is 0.121 e. The van der Waals surface area contributed by atoms with Gasteiger partial charge < -0.3 is 10.2 Å². The highest BCUT2D eigenvalue weighted by Crippen LogP contribution is 2.70. The van der Waals surface area contributed by atoms with E-state index in [2.05, 4.69) is 101 Å². The Morgan fingerprint density at radius 1 is 0.810 bits per heavy atom. The second-order valence-corrected chi connectivity index (χ2v) is 15.9. The summed E-state index contributed by atoms with van der Waals surface area (Å²) in [5, 5.41) is 24.2. The highest BCUT2D eigenvalue weighted by molar-refractivity contribution is 5.41. The van der Waals surface area contributed by atoms with Crippen molar-refractivity contribution in [3.05, 3.63) is 83.4 Å². The Bertz CT molecular complexity index is 1190. The van der Waals surface area contributed by atoms with Crippen molar-refractivity contribution in [1.82, 2.24) is 0 Å². The smallest absolute Gasteiger partial charge is 0.121 e. The predicted octanol–water partition coefficient (Wildman–Crippen LogP) is 9.55. The van der Waals surface area contributed by atoms with E-state index in [1.165, 1.54) is 50.5 Å². The van der Waals surface area contributed by atoms with Gasteiger partial charge >= 0.3 is 0 Å². The maximum atomic E-state index is 13.3. The summed E-state index contributed by atoms with van der Waals surface area (Å²) in [7, 11) is 0. The highest BCUT2D eigenvalue weighted by Gasteiger charge is 2.64. The molecule has 42 heavy (non-hydrogen) atoms. The molecule has 0 bridgehead atoms. The number of aliphatic hydroxyl groups is 2. The minimum atomic E-state index is -1.11.